The highest BCUT2D eigenvalue weighted by Crippen LogP contribution is 2.70. The summed E-state index contributed by atoms with van der Waals surface area (Å²) >= 11 is 0. The Hall–Kier alpha value is -0.490. The monoisotopic (exact) mass is 402 g/mol. The highest BCUT2D eigenvalue weighted by molar-refractivity contribution is 7.68. The number of nitrogens with one attached hydrogen (secondary N) is 1. The van der Waals surface area contributed by atoms with Crippen molar-refractivity contribution in [3.63, 3.8) is 0 Å². The molecule has 3 aliphatic carbocycles. The third-order valence-corrected chi connectivity index (χ3v) is 13.8. The zero-order chi connectivity index (χ0) is 19.2. The molecule has 4 aliphatic rings. The summed E-state index contributed by atoms with van der Waals surface area (Å²) in [6.45, 7) is 3.22. The van der Waals surface area contributed by atoms with Crippen molar-refractivity contribution in [2.45, 2.75) is 126 Å². The van der Waals surface area contributed by atoms with Gasteiger partial charge in [-0.25, -0.2) is 0 Å². The quantitative estimate of drug-likeness (QED) is 0.470. The highest BCUT2D eigenvalue weighted by Gasteiger charge is 2.44. The Kier molecular flexibility index (Phi) is 7.43. The van der Waals surface area contributed by atoms with E-state index in [0.29, 0.717) is 6.04 Å². The molecule has 158 valence electrons. The fourth-order valence-corrected chi connectivity index (χ4v) is 13.2. The molecule has 3 heteroatoms. The highest BCUT2D eigenvalue weighted by atomic mass is 31.2. The smallest absolute Gasteiger partial charge is 0.0771 e. The van der Waals surface area contributed by atoms with Crippen molar-refractivity contribution in [1.82, 2.24) is 5.32 Å². The van der Waals surface area contributed by atoms with Crippen molar-refractivity contribution in [2.75, 3.05) is 6.54 Å². The second kappa shape index (κ2) is 10.0. The average molecular weight is 403 g/mol. The van der Waals surface area contributed by atoms with Gasteiger partial charge in [0.25, 0.3) is 0 Å². The molecule has 0 radical (unpaired) electrons. The van der Waals surface area contributed by atoms with Crippen LogP contribution in [0.5, 0.6) is 0 Å². The summed E-state index contributed by atoms with van der Waals surface area (Å²) < 4.78 is 5.93. The third-order valence-electron chi connectivity index (χ3n) is 8.08. The van der Waals surface area contributed by atoms with Crippen LogP contribution in [0.15, 0.2) is 28.7 Å². The molecular formula is C25H43N2P. The van der Waals surface area contributed by atoms with E-state index in [1.807, 2.05) is 0 Å². The van der Waals surface area contributed by atoms with Gasteiger partial charge in [-0.3, -0.25) is 4.74 Å². The first-order valence-corrected chi connectivity index (χ1v) is 14.4. The number of hydrogen-bond donors (Lipinski definition) is 1. The SMILES string of the molecule is CC1C=CC=C(CN=P(C2CCCCC2)(C2CCCCC2)C2CCCCC2)N1. The summed E-state index contributed by atoms with van der Waals surface area (Å²) in [5.41, 5.74) is 4.26. The molecule has 0 aromatic heterocycles. The van der Waals surface area contributed by atoms with Crippen LogP contribution < -0.4 is 5.32 Å². The Bertz CT molecular complexity index is 550. The Morgan fingerprint density at radius 3 is 1.68 bits per heavy atom. The summed E-state index contributed by atoms with van der Waals surface area (Å²) in [5.74, 6) is 0. The van der Waals surface area contributed by atoms with Crippen LogP contribution in [-0.4, -0.2) is 29.6 Å². The van der Waals surface area contributed by atoms with Gasteiger partial charge >= 0.3 is 0 Å². The zero-order valence-electron chi connectivity index (χ0n) is 18.2. The predicted molar refractivity (Wildman–Crippen MR) is 125 cm³/mol. The standard InChI is InChI=1S/C25H43N2P/c1-21-12-11-13-22(27-21)20-26-28(23-14-5-2-6-15-23,24-16-7-3-8-17-24)25-18-9-4-10-19-25/h11-13,21,23-25,27H,2-10,14-20H2,1H3. The van der Waals surface area contributed by atoms with Crippen LogP contribution in [-0.2, 0) is 0 Å². The van der Waals surface area contributed by atoms with Gasteiger partial charge in [-0.05, 0) is 75.6 Å². The lowest BCUT2D eigenvalue weighted by atomic mass is 9.99. The summed E-state index contributed by atoms with van der Waals surface area (Å²) in [5, 5.41) is 3.70. The van der Waals surface area contributed by atoms with E-state index in [1.54, 1.807) is 0 Å². The molecule has 0 saturated heterocycles. The number of allylic oxidation sites excluding steroid dienone is 2. The minimum atomic E-state index is -1.29. The molecule has 2 nitrogen and oxygen atoms in total. The van der Waals surface area contributed by atoms with Crippen LogP contribution in [0.3, 0.4) is 0 Å². The topological polar surface area (TPSA) is 24.4 Å². The van der Waals surface area contributed by atoms with Crippen molar-refractivity contribution in [1.29, 1.82) is 0 Å². The van der Waals surface area contributed by atoms with E-state index in [0.717, 1.165) is 23.5 Å². The van der Waals surface area contributed by atoms with E-state index in [9.17, 15) is 0 Å². The van der Waals surface area contributed by atoms with E-state index in [-0.39, 0.29) is 0 Å². The summed E-state index contributed by atoms with van der Waals surface area (Å²) in [4.78, 5) is 0. The van der Waals surface area contributed by atoms with Crippen molar-refractivity contribution >= 4 is 7.05 Å². The van der Waals surface area contributed by atoms with Gasteiger partial charge in [0.15, 0.2) is 0 Å². The van der Waals surface area contributed by atoms with Gasteiger partial charge in [0, 0.05) is 11.7 Å². The molecule has 1 aliphatic heterocycles. The molecule has 1 N–H and O–H groups in total. The largest absolute Gasteiger partial charge is 0.381 e. The van der Waals surface area contributed by atoms with Crippen LogP contribution in [0, 0.1) is 0 Å². The van der Waals surface area contributed by atoms with Gasteiger partial charge in [0.2, 0.25) is 0 Å². The molecule has 28 heavy (non-hydrogen) atoms. The maximum atomic E-state index is 5.93. The molecular weight excluding hydrogens is 359 g/mol. The molecule has 3 saturated carbocycles. The normalized spacial score (nSPS) is 28.6. The number of nitrogens with zero attached hydrogens (tertiary/aromatic N) is 1. The van der Waals surface area contributed by atoms with Crippen molar-refractivity contribution in [2.24, 2.45) is 4.74 Å². The average Bonchev–Trinajstić information content (AvgIpc) is 2.77. The summed E-state index contributed by atoms with van der Waals surface area (Å²) in [6, 6.07) is 0.460. The number of rotatable bonds is 5. The summed E-state index contributed by atoms with van der Waals surface area (Å²) in [7, 11) is -1.29. The maximum Gasteiger partial charge on any atom is 0.0771 e. The van der Waals surface area contributed by atoms with Crippen molar-refractivity contribution in [3.05, 3.63) is 23.9 Å². The molecule has 0 aromatic rings. The molecule has 3 fully saturated rings. The maximum absolute atomic E-state index is 5.93. The lowest BCUT2D eigenvalue weighted by molar-refractivity contribution is 0.454. The van der Waals surface area contributed by atoms with Gasteiger partial charge in [-0.1, -0.05) is 69.9 Å². The van der Waals surface area contributed by atoms with Crippen molar-refractivity contribution in [3.8, 4) is 0 Å². The zero-order valence-corrected chi connectivity index (χ0v) is 19.1. The van der Waals surface area contributed by atoms with Crippen molar-refractivity contribution < 1.29 is 0 Å². The van der Waals surface area contributed by atoms with Gasteiger partial charge in [0.05, 0.1) is 6.54 Å². The van der Waals surface area contributed by atoms with Crippen LogP contribution in [0.1, 0.15) is 103 Å². The lowest BCUT2D eigenvalue weighted by Crippen LogP contribution is -2.32. The molecule has 0 bridgehead atoms. The minimum absolute atomic E-state index is 0.460. The lowest BCUT2D eigenvalue weighted by Gasteiger charge is -2.49. The second-order valence-electron chi connectivity index (χ2n) is 9.98. The fraction of sp³-hybridized carbons (Fsp3) is 0.840. The van der Waals surface area contributed by atoms with Gasteiger partial charge in [-0.2, -0.15) is 0 Å². The van der Waals surface area contributed by atoms with Crippen LogP contribution >= 0.6 is 7.05 Å². The molecule has 1 heterocycles. The molecule has 1 atom stereocenters. The van der Waals surface area contributed by atoms with Crippen LogP contribution in [0.2, 0.25) is 0 Å². The Balaban J connectivity index is 1.70. The van der Waals surface area contributed by atoms with Crippen LogP contribution in [0.4, 0.5) is 0 Å². The second-order valence-corrected chi connectivity index (χ2v) is 14.0. The molecule has 0 amide bonds. The Morgan fingerprint density at radius 1 is 0.786 bits per heavy atom. The Morgan fingerprint density at radius 2 is 1.25 bits per heavy atom. The first-order valence-electron chi connectivity index (χ1n) is 12.5. The van der Waals surface area contributed by atoms with Gasteiger partial charge < -0.3 is 5.32 Å². The van der Waals surface area contributed by atoms with E-state index in [4.69, 9.17) is 4.74 Å². The Labute approximate surface area is 174 Å². The third kappa shape index (κ3) is 4.63. The van der Waals surface area contributed by atoms with E-state index in [2.05, 4.69) is 30.5 Å². The fourth-order valence-electron chi connectivity index (χ4n) is 6.75. The molecule has 0 spiro atoms. The van der Waals surface area contributed by atoms with E-state index in [1.165, 1.54) is 102 Å². The van der Waals surface area contributed by atoms with Gasteiger partial charge in [-0.15, -0.1) is 0 Å². The molecule has 4 rings (SSSR count). The number of hydrogen-bond acceptors (Lipinski definition) is 2. The van der Waals surface area contributed by atoms with E-state index >= 15 is 0 Å². The predicted octanol–water partition coefficient (Wildman–Crippen LogP) is 7.62. The molecule has 0 aromatic carbocycles. The minimum Gasteiger partial charge on any atom is -0.381 e. The number of dihydropyridines is 1. The van der Waals surface area contributed by atoms with Gasteiger partial charge in [0.1, 0.15) is 0 Å². The molecule has 1 unspecified atom stereocenters. The first-order chi connectivity index (χ1) is 13.8. The van der Waals surface area contributed by atoms with Crippen LogP contribution in [0.25, 0.3) is 0 Å². The van der Waals surface area contributed by atoms with E-state index < -0.39 is 7.05 Å². The summed E-state index contributed by atoms with van der Waals surface area (Å²) in [6.07, 6.45) is 29.0. The first kappa shape index (κ1) is 20.8.